The highest BCUT2D eigenvalue weighted by molar-refractivity contribution is 6.61. The summed E-state index contributed by atoms with van der Waals surface area (Å²) in [5.74, 6) is -10.1. The van der Waals surface area contributed by atoms with Crippen molar-refractivity contribution in [3.63, 3.8) is 0 Å². The van der Waals surface area contributed by atoms with Gasteiger partial charge in [0.05, 0.1) is 0 Å². The van der Waals surface area contributed by atoms with E-state index in [1.807, 2.05) is 0 Å². The third kappa shape index (κ3) is 3.42. The highest BCUT2D eigenvalue weighted by Crippen LogP contribution is 2.35. The maximum Gasteiger partial charge on any atom is 0.541 e. The van der Waals surface area contributed by atoms with E-state index in [0.29, 0.717) is 0 Å². The minimum absolute atomic E-state index is 0.224. The Bertz CT molecular complexity index is 508. The lowest BCUT2D eigenvalue weighted by Gasteiger charge is -2.31. The summed E-state index contributed by atoms with van der Waals surface area (Å²) in [5, 5.41) is 0. The van der Waals surface area contributed by atoms with Crippen molar-refractivity contribution < 1.29 is 35.2 Å². The molecule has 1 atom stereocenters. The van der Waals surface area contributed by atoms with Crippen LogP contribution in [0, 0.1) is 23.3 Å². The van der Waals surface area contributed by atoms with E-state index >= 15 is 0 Å². The predicted molar refractivity (Wildman–Crippen MR) is 66.1 cm³/mol. The fourth-order valence-electron chi connectivity index (χ4n) is 1.74. The second-order valence-corrected chi connectivity index (χ2v) is 7.20. The average Bonchev–Trinajstić information content (AvgIpc) is 2.45. The van der Waals surface area contributed by atoms with Crippen LogP contribution in [0.15, 0.2) is 6.07 Å². The molecule has 0 fully saturated rings. The summed E-state index contributed by atoms with van der Waals surface area (Å²) in [5.41, 5.74) is -1.05. The molecule has 120 valence electrons. The molecule has 1 rings (SSSR count). The van der Waals surface area contributed by atoms with Gasteiger partial charge in [-0.3, -0.25) is 0 Å². The summed E-state index contributed by atoms with van der Waals surface area (Å²) in [6.07, 6.45) is -0.548. The Hall–Kier alpha value is -1.03. The normalized spacial score (nSPS) is 13.8. The monoisotopic (exact) mass is 330 g/mol. The standard InChI is InChI=1S/C12H15F5O3Si/c1-6(2)20-21(18-3,19-4)12(17)7-5-8(13)10(15)11(16)9(7)14/h5-6,12H,1-4H3. The van der Waals surface area contributed by atoms with Crippen molar-refractivity contribution in [1.82, 2.24) is 0 Å². The van der Waals surface area contributed by atoms with Crippen LogP contribution in [-0.4, -0.2) is 29.1 Å². The van der Waals surface area contributed by atoms with Crippen LogP contribution >= 0.6 is 0 Å². The van der Waals surface area contributed by atoms with Gasteiger partial charge in [-0.05, 0) is 19.9 Å². The quantitative estimate of drug-likeness (QED) is 0.346. The molecule has 0 spiro atoms. The largest absolute Gasteiger partial charge is 0.541 e. The van der Waals surface area contributed by atoms with Gasteiger partial charge in [0, 0.05) is 25.9 Å². The van der Waals surface area contributed by atoms with Crippen LogP contribution in [0.4, 0.5) is 22.0 Å². The molecule has 0 bridgehead atoms. The van der Waals surface area contributed by atoms with Gasteiger partial charge in [0.15, 0.2) is 29.1 Å². The van der Waals surface area contributed by atoms with Gasteiger partial charge in [0.1, 0.15) is 0 Å². The summed E-state index contributed by atoms with van der Waals surface area (Å²) in [7, 11) is -1.97. The summed E-state index contributed by atoms with van der Waals surface area (Å²) in [6.45, 7) is 3.10. The molecular weight excluding hydrogens is 315 g/mol. The molecule has 0 radical (unpaired) electrons. The van der Waals surface area contributed by atoms with Crippen LogP contribution in [-0.2, 0) is 13.3 Å². The van der Waals surface area contributed by atoms with Gasteiger partial charge in [0.25, 0.3) is 0 Å². The molecule has 0 saturated carbocycles. The molecule has 1 aromatic carbocycles. The van der Waals surface area contributed by atoms with E-state index in [9.17, 15) is 22.0 Å². The maximum atomic E-state index is 14.6. The van der Waals surface area contributed by atoms with Crippen LogP contribution in [0.3, 0.4) is 0 Å². The summed E-state index contributed by atoms with van der Waals surface area (Å²) >= 11 is 0. The molecule has 0 amide bonds. The zero-order valence-corrected chi connectivity index (χ0v) is 12.8. The Morgan fingerprint density at radius 1 is 0.952 bits per heavy atom. The van der Waals surface area contributed by atoms with Gasteiger partial charge in [-0.25, -0.2) is 22.0 Å². The van der Waals surface area contributed by atoms with E-state index in [-0.39, 0.29) is 6.07 Å². The minimum Gasteiger partial charge on any atom is -0.375 e. The Morgan fingerprint density at radius 2 is 1.48 bits per heavy atom. The van der Waals surface area contributed by atoms with Crippen LogP contribution < -0.4 is 0 Å². The molecule has 0 saturated heterocycles. The SMILES string of the molecule is CO[Si](OC)(OC(C)C)C(F)c1cc(F)c(F)c(F)c1F. The van der Waals surface area contributed by atoms with Crippen LogP contribution in [0.1, 0.15) is 25.2 Å². The molecule has 0 aliphatic heterocycles. The smallest absolute Gasteiger partial charge is 0.375 e. The lowest BCUT2D eigenvalue weighted by Crippen LogP contribution is -2.50. The van der Waals surface area contributed by atoms with Crippen LogP contribution in [0.2, 0.25) is 0 Å². The lowest BCUT2D eigenvalue weighted by atomic mass is 10.2. The van der Waals surface area contributed by atoms with E-state index in [2.05, 4.69) is 0 Å². The van der Waals surface area contributed by atoms with Crippen molar-refractivity contribution in [1.29, 1.82) is 0 Å². The topological polar surface area (TPSA) is 27.7 Å². The predicted octanol–water partition coefficient (Wildman–Crippen LogP) is 3.45. The van der Waals surface area contributed by atoms with Crippen LogP contribution in [0.5, 0.6) is 0 Å². The number of hydrogen-bond acceptors (Lipinski definition) is 3. The molecule has 0 aromatic heterocycles. The summed E-state index contributed by atoms with van der Waals surface area (Å²) < 4.78 is 82.5. The Kier molecular flexibility index (Phi) is 5.85. The second kappa shape index (κ2) is 6.82. The van der Waals surface area contributed by atoms with Crippen LogP contribution in [0.25, 0.3) is 0 Å². The maximum absolute atomic E-state index is 14.6. The van der Waals surface area contributed by atoms with Crippen molar-refractivity contribution in [3.05, 3.63) is 34.9 Å². The number of halogens is 5. The van der Waals surface area contributed by atoms with Gasteiger partial charge >= 0.3 is 8.80 Å². The van der Waals surface area contributed by atoms with Gasteiger partial charge in [-0.2, -0.15) is 0 Å². The molecular formula is C12H15F5O3Si. The fourth-order valence-corrected chi connectivity index (χ4v) is 3.88. The van der Waals surface area contributed by atoms with Gasteiger partial charge < -0.3 is 13.3 Å². The first-order chi connectivity index (χ1) is 9.70. The number of alkyl halides is 1. The van der Waals surface area contributed by atoms with Gasteiger partial charge in [-0.1, -0.05) is 0 Å². The van der Waals surface area contributed by atoms with E-state index in [1.165, 1.54) is 0 Å². The lowest BCUT2D eigenvalue weighted by molar-refractivity contribution is 0.0423. The number of benzene rings is 1. The van der Waals surface area contributed by atoms with E-state index < -0.39 is 49.5 Å². The van der Waals surface area contributed by atoms with Crippen molar-refractivity contribution in [3.8, 4) is 0 Å². The molecule has 0 aliphatic carbocycles. The highest BCUT2D eigenvalue weighted by Gasteiger charge is 2.52. The Balaban J connectivity index is 3.37. The first-order valence-corrected chi connectivity index (χ1v) is 7.75. The molecule has 9 heteroatoms. The third-order valence-corrected chi connectivity index (χ3v) is 5.55. The van der Waals surface area contributed by atoms with E-state index in [4.69, 9.17) is 13.3 Å². The molecule has 1 aromatic rings. The van der Waals surface area contributed by atoms with Crippen molar-refractivity contribution >= 4 is 8.80 Å². The van der Waals surface area contributed by atoms with Crippen molar-refractivity contribution in [2.75, 3.05) is 14.2 Å². The molecule has 0 heterocycles. The summed E-state index contributed by atoms with van der Waals surface area (Å²) in [4.78, 5) is 0. The van der Waals surface area contributed by atoms with Crippen molar-refractivity contribution in [2.24, 2.45) is 0 Å². The Labute approximate surface area is 120 Å². The minimum atomic E-state index is -4.11. The molecule has 1 unspecified atom stereocenters. The average molecular weight is 330 g/mol. The van der Waals surface area contributed by atoms with E-state index in [0.717, 1.165) is 14.2 Å². The molecule has 3 nitrogen and oxygen atoms in total. The summed E-state index contributed by atoms with van der Waals surface area (Å²) in [6, 6.07) is 0.224. The third-order valence-electron chi connectivity index (χ3n) is 2.68. The highest BCUT2D eigenvalue weighted by atomic mass is 28.4. The van der Waals surface area contributed by atoms with Gasteiger partial charge in [0.2, 0.25) is 0 Å². The number of rotatable bonds is 6. The first-order valence-electron chi connectivity index (χ1n) is 5.95. The van der Waals surface area contributed by atoms with Gasteiger partial charge in [-0.15, -0.1) is 0 Å². The molecule has 21 heavy (non-hydrogen) atoms. The Morgan fingerprint density at radius 3 is 1.90 bits per heavy atom. The molecule has 0 N–H and O–H groups in total. The van der Waals surface area contributed by atoms with E-state index in [1.54, 1.807) is 13.8 Å². The zero-order chi connectivity index (χ0) is 16.4. The second-order valence-electron chi connectivity index (χ2n) is 4.43. The molecule has 0 aliphatic rings. The zero-order valence-electron chi connectivity index (χ0n) is 11.8. The first kappa shape index (κ1) is 18.0. The fraction of sp³-hybridized carbons (Fsp3) is 0.500. The number of hydrogen-bond donors (Lipinski definition) is 0. The van der Waals surface area contributed by atoms with Crippen molar-refractivity contribution in [2.45, 2.75) is 25.7 Å².